The zero-order chi connectivity index (χ0) is 22.8. The summed E-state index contributed by atoms with van der Waals surface area (Å²) in [5, 5.41) is 5.23. The summed E-state index contributed by atoms with van der Waals surface area (Å²) in [4.78, 5) is 0. The highest BCUT2D eigenvalue weighted by atomic mass is 14.9. The highest BCUT2D eigenvalue weighted by molar-refractivity contribution is 6.10. The predicted octanol–water partition coefficient (Wildman–Crippen LogP) is 8.31. The van der Waals surface area contributed by atoms with Crippen molar-refractivity contribution in [2.45, 2.75) is 0 Å². The fraction of sp³-hybridized carbons (Fsp3) is 0.0625. The summed E-state index contributed by atoms with van der Waals surface area (Å²) in [7, 11) is 4.29. The molecule has 2 heteroatoms. The van der Waals surface area contributed by atoms with Crippen LogP contribution in [0.25, 0.3) is 65.9 Å². The van der Waals surface area contributed by atoms with Crippen molar-refractivity contribution in [3.8, 4) is 22.3 Å². The van der Waals surface area contributed by atoms with Gasteiger partial charge < -0.3 is 9.13 Å². The molecule has 0 radical (unpaired) electrons. The minimum Gasteiger partial charge on any atom is -0.344 e. The van der Waals surface area contributed by atoms with E-state index in [0.29, 0.717) is 0 Å². The Morgan fingerprint density at radius 1 is 0.353 bits per heavy atom. The number of rotatable bonds is 2. The van der Waals surface area contributed by atoms with Gasteiger partial charge in [0.1, 0.15) is 0 Å². The second-order valence-corrected chi connectivity index (χ2v) is 9.19. The lowest BCUT2D eigenvalue weighted by molar-refractivity contribution is 1.01. The van der Waals surface area contributed by atoms with E-state index in [1.54, 1.807) is 0 Å². The van der Waals surface area contributed by atoms with E-state index in [2.05, 4.69) is 132 Å². The molecule has 7 rings (SSSR count). The standard InChI is InChI=1S/C32H24N2/c1-33-29-9-5-3-7-25(29)27-19-23(15-17-31(27)33)21-11-13-22(14-12-21)24-16-18-32-28(20-24)26-8-4-6-10-30(26)34(32)2/h3-20H,1-2H3. The SMILES string of the molecule is Cn1c2ccccc2c2cc(-c3ccc(-c4ccc5c(c4)c4ccccc4n5C)cc3)ccc21. The first-order chi connectivity index (χ1) is 16.7. The van der Waals surface area contributed by atoms with Crippen LogP contribution in [0.5, 0.6) is 0 Å². The number of hydrogen-bond donors (Lipinski definition) is 0. The van der Waals surface area contributed by atoms with Crippen molar-refractivity contribution in [1.29, 1.82) is 0 Å². The third-order valence-corrected chi connectivity index (χ3v) is 7.38. The average molecular weight is 437 g/mol. The molecule has 0 bridgehead atoms. The van der Waals surface area contributed by atoms with Crippen LogP contribution in [-0.2, 0) is 14.1 Å². The fourth-order valence-corrected chi connectivity index (χ4v) is 5.55. The van der Waals surface area contributed by atoms with Gasteiger partial charge in [0.25, 0.3) is 0 Å². The molecule has 0 saturated heterocycles. The van der Waals surface area contributed by atoms with Crippen LogP contribution in [0.4, 0.5) is 0 Å². The summed E-state index contributed by atoms with van der Waals surface area (Å²) < 4.78 is 4.56. The Morgan fingerprint density at radius 3 is 1.15 bits per heavy atom. The van der Waals surface area contributed by atoms with Crippen molar-refractivity contribution < 1.29 is 0 Å². The maximum absolute atomic E-state index is 2.33. The van der Waals surface area contributed by atoms with E-state index in [1.807, 2.05) is 0 Å². The van der Waals surface area contributed by atoms with Gasteiger partial charge in [-0.05, 0) is 58.7 Å². The Balaban J connectivity index is 1.31. The van der Waals surface area contributed by atoms with Gasteiger partial charge in [-0.25, -0.2) is 0 Å². The van der Waals surface area contributed by atoms with Crippen LogP contribution in [-0.4, -0.2) is 9.13 Å². The second-order valence-electron chi connectivity index (χ2n) is 9.19. The molecular weight excluding hydrogens is 412 g/mol. The molecule has 2 aromatic heterocycles. The predicted molar refractivity (Wildman–Crippen MR) is 145 cm³/mol. The summed E-state index contributed by atoms with van der Waals surface area (Å²) in [6, 6.07) is 39.9. The molecule has 0 atom stereocenters. The summed E-state index contributed by atoms with van der Waals surface area (Å²) in [5.74, 6) is 0. The third-order valence-electron chi connectivity index (χ3n) is 7.38. The Kier molecular flexibility index (Phi) is 4.01. The minimum atomic E-state index is 1.24. The number of aromatic nitrogens is 2. The highest BCUT2D eigenvalue weighted by Gasteiger charge is 2.11. The average Bonchev–Trinajstić information content (AvgIpc) is 3.35. The van der Waals surface area contributed by atoms with E-state index >= 15 is 0 Å². The lowest BCUT2D eigenvalue weighted by atomic mass is 9.98. The van der Waals surface area contributed by atoms with Crippen LogP contribution in [0.15, 0.2) is 109 Å². The van der Waals surface area contributed by atoms with Crippen molar-refractivity contribution in [3.63, 3.8) is 0 Å². The van der Waals surface area contributed by atoms with Crippen LogP contribution in [0, 0.1) is 0 Å². The van der Waals surface area contributed by atoms with Crippen LogP contribution in [0.1, 0.15) is 0 Å². The minimum absolute atomic E-state index is 1.24. The maximum Gasteiger partial charge on any atom is 0.0489 e. The number of benzene rings is 5. The lowest BCUT2D eigenvalue weighted by Crippen LogP contribution is -1.86. The van der Waals surface area contributed by atoms with Gasteiger partial charge in [0.15, 0.2) is 0 Å². The molecule has 162 valence electrons. The Hall–Kier alpha value is -4.30. The summed E-state index contributed by atoms with van der Waals surface area (Å²) >= 11 is 0. The largest absolute Gasteiger partial charge is 0.344 e. The number of nitrogens with zero attached hydrogens (tertiary/aromatic N) is 2. The van der Waals surface area contributed by atoms with Gasteiger partial charge in [0.05, 0.1) is 0 Å². The molecule has 0 spiro atoms. The molecule has 34 heavy (non-hydrogen) atoms. The smallest absolute Gasteiger partial charge is 0.0489 e. The van der Waals surface area contributed by atoms with Crippen molar-refractivity contribution >= 4 is 43.6 Å². The Labute approximate surface area is 198 Å². The highest BCUT2D eigenvalue weighted by Crippen LogP contribution is 2.34. The Morgan fingerprint density at radius 2 is 0.706 bits per heavy atom. The van der Waals surface area contributed by atoms with E-state index in [1.165, 1.54) is 65.9 Å². The molecule has 0 aliphatic carbocycles. The number of para-hydroxylation sites is 2. The molecular formula is C32H24N2. The zero-order valence-corrected chi connectivity index (χ0v) is 19.3. The van der Waals surface area contributed by atoms with Gasteiger partial charge in [-0.2, -0.15) is 0 Å². The van der Waals surface area contributed by atoms with Gasteiger partial charge >= 0.3 is 0 Å². The number of aryl methyl sites for hydroxylation is 2. The number of fused-ring (bicyclic) bond motifs is 6. The molecule has 0 saturated carbocycles. The van der Waals surface area contributed by atoms with Crippen molar-refractivity contribution in [1.82, 2.24) is 9.13 Å². The Bertz CT molecular complexity index is 1720. The molecule has 0 N–H and O–H groups in total. The van der Waals surface area contributed by atoms with Gasteiger partial charge in [0.2, 0.25) is 0 Å². The van der Waals surface area contributed by atoms with Gasteiger partial charge in [-0.3, -0.25) is 0 Å². The maximum atomic E-state index is 2.33. The molecule has 7 aromatic rings. The molecule has 0 amide bonds. The first-order valence-corrected chi connectivity index (χ1v) is 11.7. The van der Waals surface area contributed by atoms with E-state index in [-0.39, 0.29) is 0 Å². The zero-order valence-electron chi connectivity index (χ0n) is 19.3. The fourth-order valence-electron chi connectivity index (χ4n) is 5.55. The molecule has 0 aliphatic rings. The molecule has 0 aliphatic heterocycles. The molecule has 0 fully saturated rings. The first kappa shape index (κ1) is 19.2. The molecule has 2 heterocycles. The second kappa shape index (κ2) is 7.10. The third kappa shape index (κ3) is 2.69. The van der Waals surface area contributed by atoms with Gasteiger partial charge in [-0.1, -0.05) is 72.8 Å². The monoisotopic (exact) mass is 436 g/mol. The van der Waals surface area contributed by atoms with E-state index in [9.17, 15) is 0 Å². The topological polar surface area (TPSA) is 9.86 Å². The van der Waals surface area contributed by atoms with Gasteiger partial charge in [-0.15, -0.1) is 0 Å². The van der Waals surface area contributed by atoms with Crippen LogP contribution < -0.4 is 0 Å². The number of hydrogen-bond acceptors (Lipinski definition) is 0. The van der Waals surface area contributed by atoms with Crippen LogP contribution in [0.3, 0.4) is 0 Å². The summed E-state index contributed by atoms with van der Waals surface area (Å²) in [5.41, 5.74) is 10.1. The lowest BCUT2D eigenvalue weighted by Gasteiger charge is -2.07. The van der Waals surface area contributed by atoms with E-state index < -0.39 is 0 Å². The normalized spacial score (nSPS) is 11.8. The van der Waals surface area contributed by atoms with Crippen molar-refractivity contribution in [2.24, 2.45) is 14.1 Å². The molecule has 0 unspecified atom stereocenters. The first-order valence-electron chi connectivity index (χ1n) is 11.7. The molecule has 2 nitrogen and oxygen atoms in total. The van der Waals surface area contributed by atoms with Crippen molar-refractivity contribution in [2.75, 3.05) is 0 Å². The van der Waals surface area contributed by atoms with Crippen molar-refractivity contribution in [3.05, 3.63) is 109 Å². The summed E-state index contributed by atoms with van der Waals surface area (Å²) in [6.45, 7) is 0. The molecule has 5 aromatic carbocycles. The van der Waals surface area contributed by atoms with Gasteiger partial charge in [0, 0.05) is 57.7 Å². The summed E-state index contributed by atoms with van der Waals surface area (Å²) in [6.07, 6.45) is 0. The van der Waals surface area contributed by atoms with E-state index in [4.69, 9.17) is 0 Å². The van der Waals surface area contributed by atoms with E-state index in [0.717, 1.165) is 0 Å². The quantitative estimate of drug-likeness (QED) is 0.258. The van der Waals surface area contributed by atoms with Crippen LogP contribution >= 0.6 is 0 Å². The van der Waals surface area contributed by atoms with Crippen LogP contribution in [0.2, 0.25) is 0 Å².